The van der Waals surface area contributed by atoms with Gasteiger partial charge >= 0.3 is 6.09 Å². The molecule has 176 valence electrons. The second-order valence-electron chi connectivity index (χ2n) is 8.67. The van der Waals surface area contributed by atoms with E-state index in [1.807, 2.05) is 44.2 Å². The van der Waals surface area contributed by atoms with Crippen molar-refractivity contribution in [2.24, 2.45) is 11.7 Å². The minimum Gasteiger partial charge on any atom is -0.445 e. The van der Waals surface area contributed by atoms with E-state index in [0.717, 1.165) is 24.8 Å². The van der Waals surface area contributed by atoms with Gasteiger partial charge in [-0.05, 0) is 30.7 Å². The zero-order valence-corrected chi connectivity index (χ0v) is 18.8. The van der Waals surface area contributed by atoms with Crippen molar-refractivity contribution in [2.75, 3.05) is 6.54 Å². The second-order valence-corrected chi connectivity index (χ2v) is 8.67. The molecule has 1 aliphatic rings. The molecule has 1 aromatic carbocycles. The second kappa shape index (κ2) is 12.1. The molecule has 9 heteroatoms. The summed E-state index contributed by atoms with van der Waals surface area (Å²) in [7, 11) is 0. The van der Waals surface area contributed by atoms with E-state index in [4.69, 9.17) is 10.5 Å². The molecule has 4 amide bonds. The molecule has 1 fully saturated rings. The van der Waals surface area contributed by atoms with Crippen LogP contribution in [0.25, 0.3) is 0 Å². The quantitative estimate of drug-likeness (QED) is 0.433. The van der Waals surface area contributed by atoms with Crippen LogP contribution in [0.4, 0.5) is 4.79 Å². The van der Waals surface area contributed by atoms with Crippen LogP contribution in [0.2, 0.25) is 0 Å². The maximum Gasteiger partial charge on any atom is 0.408 e. The minimum absolute atomic E-state index is 0.0931. The van der Waals surface area contributed by atoms with Crippen LogP contribution in [0, 0.1) is 5.92 Å². The van der Waals surface area contributed by atoms with Crippen molar-refractivity contribution < 1.29 is 23.9 Å². The molecule has 1 atom stereocenters. The number of ether oxygens (including phenoxy) is 1. The SMILES string of the molecule is CC(C)C[C@H](NC(=O)C1(NC(=O)OCc2ccccc2)CCCCC1)C(=O)NCC(N)=O. The number of primary amides is 1. The fourth-order valence-corrected chi connectivity index (χ4v) is 3.82. The van der Waals surface area contributed by atoms with Gasteiger partial charge in [-0.15, -0.1) is 0 Å². The number of amides is 4. The number of nitrogens with one attached hydrogen (secondary N) is 3. The highest BCUT2D eigenvalue weighted by Crippen LogP contribution is 2.29. The van der Waals surface area contributed by atoms with Gasteiger partial charge in [0.1, 0.15) is 18.2 Å². The Bertz CT molecular complexity index is 791. The fraction of sp³-hybridized carbons (Fsp3) is 0.565. The highest BCUT2D eigenvalue weighted by atomic mass is 16.5. The highest BCUT2D eigenvalue weighted by molar-refractivity contribution is 5.95. The van der Waals surface area contributed by atoms with Crippen LogP contribution in [0.3, 0.4) is 0 Å². The fourth-order valence-electron chi connectivity index (χ4n) is 3.82. The Balaban J connectivity index is 2.07. The molecular weight excluding hydrogens is 412 g/mol. The summed E-state index contributed by atoms with van der Waals surface area (Å²) < 4.78 is 5.33. The molecule has 0 aromatic heterocycles. The summed E-state index contributed by atoms with van der Waals surface area (Å²) in [5.74, 6) is -1.46. The Hall–Kier alpha value is -3.10. The maximum atomic E-state index is 13.3. The van der Waals surface area contributed by atoms with Crippen molar-refractivity contribution in [3.05, 3.63) is 35.9 Å². The van der Waals surface area contributed by atoms with Crippen molar-refractivity contribution in [1.82, 2.24) is 16.0 Å². The van der Waals surface area contributed by atoms with E-state index in [-0.39, 0.29) is 19.1 Å². The highest BCUT2D eigenvalue weighted by Gasteiger charge is 2.42. The van der Waals surface area contributed by atoms with Crippen LogP contribution < -0.4 is 21.7 Å². The molecule has 0 spiro atoms. The Morgan fingerprint density at radius 1 is 1.06 bits per heavy atom. The Morgan fingerprint density at radius 2 is 1.72 bits per heavy atom. The van der Waals surface area contributed by atoms with Gasteiger partial charge in [0.05, 0.1) is 6.54 Å². The molecule has 1 aromatic rings. The molecule has 9 nitrogen and oxygen atoms in total. The van der Waals surface area contributed by atoms with Crippen LogP contribution in [-0.2, 0) is 25.7 Å². The van der Waals surface area contributed by atoms with E-state index >= 15 is 0 Å². The van der Waals surface area contributed by atoms with E-state index in [0.29, 0.717) is 19.3 Å². The number of benzene rings is 1. The number of nitrogens with two attached hydrogens (primary N) is 1. The molecule has 0 radical (unpaired) electrons. The Morgan fingerprint density at radius 3 is 2.31 bits per heavy atom. The molecule has 0 saturated heterocycles. The Kier molecular flexibility index (Phi) is 9.49. The predicted octanol–water partition coefficient (Wildman–Crippen LogP) is 1.75. The normalized spacial score (nSPS) is 16.0. The first-order valence-electron chi connectivity index (χ1n) is 11.1. The van der Waals surface area contributed by atoms with Crippen molar-refractivity contribution in [2.45, 2.75) is 70.6 Å². The summed E-state index contributed by atoms with van der Waals surface area (Å²) >= 11 is 0. The molecule has 0 heterocycles. The van der Waals surface area contributed by atoms with Gasteiger partial charge in [-0.2, -0.15) is 0 Å². The number of carbonyl (C=O) groups is 4. The van der Waals surface area contributed by atoms with Gasteiger partial charge in [0, 0.05) is 0 Å². The first-order valence-corrected chi connectivity index (χ1v) is 11.1. The molecule has 2 rings (SSSR count). The van der Waals surface area contributed by atoms with Gasteiger partial charge in [-0.1, -0.05) is 63.4 Å². The average Bonchev–Trinajstić information content (AvgIpc) is 2.76. The van der Waals surface area contributed by atoms with E-state index in [1.165, 1.54) is 0 Å². The topological polar surface area (TPSA) is 140 Å². The lowest BCUT2D eigenvalue weighted by atomic mass is 9.80. The van der Waals surface area contributed by atoms with E-state index < -0.39 is 35.4 Å². The van der Waals surface area contributed by atoms with Crippen LogP contribution in [-0.4, -0.2) is 41.9 Å². The number of hydrogen-bond acceptors (Lipinski definition) is 5. The van der Waals surface area contributed by atoms with Gasteiger partial charge in [-0.25, -0.2) is 4.79 Å². The molecule has 0 unspecified atom stereocenters. The average molecular weight is 447 g/mol. The molecule has 1 saturated carbocycles. The standard InChI is InChI=1S/C23H34N4O5/c1-16(2)13-18(20(29)25-14-19(24)28)26-21(30)23(11-7-4-8-12-23)27-22(31)32-15-17-9-5-3-6-10-17/h3,5-6,9-10,16,18H,4,7-8,11-15H2,1-2H3,(H2,24,28)(H,25,29)(H,26,30)(H,27,31)/t18-/m0/s1. The zero-order chi connectivity index (χ0) is 23.6. The van der Waals surface area contributed by atoms with Crippen LogP contribution in [0.1, 0.15) is 57.9 Å². The predicted molar refractivity (Wildman–Crippen MR) is 119 cm³/mol. The number of carbonyl (C=O) groups excluding carboxylic acids is 4. The molecule has 1 aliphatic carbocycles. The molecule has 0 bridgehead atoms. The lowest BCUT2D eigenvalue weighted by Crippen LogP contribution is -2.63. The van der Waals surface area contributed by atoms with Crippen LogP contribution >= 0.6 is 0 Å². The third kappa shape index (κ3) is 7.86. The summed E-state index contributed by atoms with van der Waals surface area (Å²) in [6, 6.07) is 8.42. The molecule has 32 heavy (non-hydrogen) atoms. The van der Waals surface area contributed by atoms with Crippen LogP contribution in [0.15, 0.2) is 30.3 Å². The maximum absolute atomic E-state index is 13.3. The summed E-state index contributed by atoms with van der Waals surface area (Å²) in [5, 5.41) is 8.01. The van der Waals surface area contributed by atoms with Crippen molar-refractivity contribution in [3.8, 4) is 0 Å². The number of hydrogen-bond donors (Lipinski definition) is 4. The summed E-state index contributed by atoms with van der Waals surface area (Å²) in [5.41, 5.74) is 4.80. The van der Waals surface area contributed by atoms with Crippen molar-refractivity contribution in [3.63, 3.8) is 0 Å². The van der Waals surface area contributed by atoms with Gasteiger partial charge in [-0.3, -0.25) is 14.4 Å². The van der Waals surface area contributed by atoms with Crippen molar-refractivity contribution >= 4 is 23.8 Å². The third-order valence-electron chi connectivity index (χ3n) is 5.46. The summed E-state index contributed by atoms with van der Waals surface area (Å²) in [6.07, 6.45) is 3.12. The third-order valence-corrected chi connectivity index (χ3v) is 5.46. The smallest absolute Gasteiger partial charge is 0.408 e. The van der Waals surface area contributed by atoms with E-state index in [9.17, 15) is 19.2 Å². The first kappa shape index (κ1) is 25.2. The lowest BCUT2D eigenvalue weighted by Gasteiger charge is -2.37. The molecule has 0 aliphatic heterocycles. The van der Waals surface area contributed by atoms with Crippen LogP contribution in [0.5, 0.6) is 0 Å². The van der Waals surface area contributed by atoms with Crippen molar-refractivity contribution in [1.29, 1.82) is 0 Å². The zero-order valence-electron chi connectivity index (χ0n) is 18.8. The van der Waals surface area contributed by atoms with Gasteiger partial charge in [0.25, 0.3) is 0 Å². The summed E-state index contributed by atoms with van der Waals surface area (Å²) in [4.78, 5) is 49.4. The summed E-state index contributed by atoms with van der Waals surface area (Å²) in [6.45, 7) is 3.64. The number of rotatable bonds is 10. The van der Waals surface area contributed by atoms with Gasteiger partial charge < -0.3 is 26.4 Å². The minimum atomic E-state index is -1.15. The lowest BCUT2D eigenvalue weighted by molar-refractivity contribution is -0.134. The molecule has 5 N–H and O–H groups in total. The first-order chi connectivity index (χ1) is 15.2. The van der Waals surface area contributed by atoms with Gasteiger partial charge in [0.2, 0.25) is 17.7 Å². The van der Waals surface area contributed by atoms with E-state index in [1.54, 1.807) is 0 Å². The van der Waals surface area contributed by atoms with E-state index in [2.05, 4.69) is 16.0 Å². The Labute approximate surface area is 188 Å². The van der Waals surface area contributed by atoms with Gasteiger partial charge in [0.15, 0.2) is 0 Å². The monoisotopic (exact) mass is 446 g/mol. The molecular formula is C23H34N4O5. The largest absolute Gasteiger partial charge is 0.445 e. The number of alkyl carbamates (subject to hydrolysis) is 1.